The number of carbonyl (C=O) groups excluding carboxylic acids is 1. The Labute approximate surface area is 267 Å². The highest BCUT2D eigenvalue weighted by molar-refractivity contribution is 5.76. The van der Waals surface area contributed by atoms with Gasteiger partial charge in [-0.3, -0.25) is 4.79 Å². The second-order valence-corrected chi connectivity index (χ2v) is 12.3. The van der Waals surface area contributed by atoms with Crippen LogP contribution in [0.4, 0.5) is 0 Å². The Morgan fingerprint density at radius 1 is 0.750 bits per heavy atom. The molecule has 0 aromatic heterocycles. The van der Waals surface area contributed by atoms with Crippen LogP contribution in [0.25, 0.3) is 0 Å². The fourth-order valence-corrected chi connectivity index (χ4v) is 5.34. The summed E-state index contributed by atoms with van der Waals surface area (Å²) in [5, 5.41) is 53.6. The zero-order valence-electron chi connectivity index (χ0n) is 27.7. The summed E-state index contributed by atoms with van der Waals surface area (Å²) in [6.45, 7) is 3.67. The minimum Gasteiger partial charge on any atom is -0.394 e. The van der Waals surface area contributed by atoms with Gasteiger partial charge in [0.2, 0.25) is 5.91 Å². The lowest BCUT2D eigenvalue weighted by atomic mass is 9.99. The van der Waals surface area contributed by atoms with Crippen molar-refractivity contribution in [2.45, 2.75) is 179 Å². The molecular formula is C35H65NO8. The van der Waals surface area contributed by atoms with Crippen LogP contribution in [-0.2, 0) is 14.3 Å². The molecule has 9 nitrogen and oxygen atoms in total. The van der Waals surface area contributed by atoms with Gasteiger partial charge in [-0.1, -0.05) is 122 Å². The molecule has 7 atom stereocenters. The maximum Gasteiger partial charge on any atom is 0.220 e. The lowest BCUT2D eigenvalue weighted by molar-refractivity contribution is -0.302. The first-order valence-electron chi connectivity index (χ1n) is 17.6. The molecule has 0 saturated carbocycles. The van der Waals surface area contributed by atoms with Gasteiger partial charge in [0.05, 0.1) is 25.4 Å². The first-order valence-corrected chi connectivity index (χ1v) is 17.6. The quantitative estimate of drug-likeness (QED) is 0.0537. The molecule has 0 aromatic rings. The molecule has 258 valence electrons. The summed E-state index contributed by atoms with van der Waals surface area (Å²) in [4.78, 5) is 12.8. The highest BCUT2D eigenvalue weighted by atomic mass is 16.7. The Morgan fingerprint density at radius 3 is 1.91 bits per heavy atom. The summed E-state index contributed by atoms with van der Waals surface area (Å²) in [7, 11) is 0. The molecule has 0 spiro atoms. The van der Waals surface area contributed by atoms with Gasteiger partial charge < -0.3 is 40.3 Å². The van der Waals surface area contributed by atoms with Crippen molar-refractivity contribution in [2.24, 2.45) is 0 Å². The molecule has 1 aliphatic heterocycles. The van der Waals surface area contributed by atoms with Gasteiger partial charge in [0, 0.05) is 6.42 Å². The molecular weight excluding hydrogens is 562 g/mol. The number of aliphatic hydroxyl groups is 5. The number of ether oxygens (including phenoxy) is 2. The first kappa shape index (κ1) is 40.7. The zero-order chi connectivity index (χ0) is 32.4. The molecule has 1 saturated heterocycles. The van der Waals surface area contributed by atoms with Gasteiger partial charge in [0.25, 0.3) is 0 Å². The maximum atomic E-state index is 12.8. The van der Waals surface area contributed by atoms with E-state index in [1.165, 1.54) is 77.0 Å². The number of hydrogen-bond acceptors (Lipinski definition) is 8. The average Bonchev–Trinajstić information content (AvgIpc) is 3.02. The smallest absolute Gasteiger partial charge is 0.220 e. The van der Waals surface area contributed by atoms with Crippen molar-refractivity contribution in [3.8, 4) is 0 Å². The third kappa shape index (κ3) is 18.6. The van der Waals surface area contributed by atoms with Gasteiger partial charge in [0.1, 0.15) is 24.4 Å². The molecule has 1 rings (SSSR count). The van der Waals surface area contributed by atoms with Crippen LogP contribution in [-0.4, -0.2) is 87.5 Å². The molecule has 1 fully saturated rings. The average molecular weight is 628 g/mol. The summed E-state index contributed by atoms with van der Waals surface area (Å²) < 4.78 is 11.1. The number of allylic oxidation sites excluding steroid dienone is 3. The minimum atomic E-state index is -1.57. The fourth-order valence-electron chi connectivity index (χ4n) is 5.34. The molecule has 0 radical (unpaired) electrons. The number of amides is 1. The third-order valence-corrected chi connectivity index (χ3v) is 8.28. The molecule has 0 bridgehead atoms. The van der Waals surface area contributed by atoms with Crippen LogP contribution in [0.5, 0.6) is 0 Å². The van der Waals surface area contributed by atoms with E-state index in [-0.39, 0.29) is 12.5 Å². The molecule has 2 unspecified atom stereocenters. The van der Waals surface area contributed by atoms with E-state index in [9.17, 15) is 30.3 Å². The van der Waals surface area contributed by atoms with Crippen LogP contribution < -0.4 is 5.32 Å². The molecule has 6 N–H and O–H groups in total. The van der Waals surface area contributed by atoms with E-state index >= 15 is 0 Å². The Balaban J connectivity index is 2.55. The lowest BCUT2D eigenvalue weighted by Gasteiger charge is -2.40. The zero-order valence-corrected chi connectivity index (χ0v) is 27.7. The predicted molar refractivity (Wildman–Crippen MR) is 175 cm³/mol. The van der Waals surface area contributed by atoms with Gasteiger partial charge in [-0.2, -0.15) is 0 Å². The normalized spacial score (nSPS) is 23.8. The number of nitrogens with one attached hydrogen (secondary N) is 1. The molecule has 44 heavy (non-hydrogen) atoms. The van der Waals surface area contributed by atoms with Crippen LogP contribution in [0.3, 0.4) is 0 Å². The van der Waals surface area contributed by atoms with Crippen molar-refractivity contribution in [1.82, 2.24) is 5.32 Å². The molecule has 1 amide bonds. The topological polar surface area (TPSA) is 149 Å². The van der Waals surface area contributed by atoms with Crippen molar-refractivity contribution < 1.29 is 39.8 Å². The van der Waals surface area contributed by atoms with E-state index in [1.54, 1.807) is 6.08 Å². The van der Waals surface area contributed by atoms with Crippen LogP contribution in [0.2, 0.25) is 0 Å². The monoisotopic (exact) mass is 627 g/mol. The van der Waals surface area contributed by atoms with Crippen molar-refractivity contribution >= 4 is 5.91 Å². The van der Waals surface area contributed by atoms with E-state index in [2.05, 4.69) is 31.3 Å². The minimum absolute atomic E-state index is 0.193. The van der Waals surface area contributed by atoms with Gasteiger partial charge >= 0.3 is 0 Å². The summed E-state index contributed by atoms with van der Waals surface area (Å²) in [6, 6.07) is -0.812. The highest BCUT2D eigenvalue weighted by Gasteiger charge is 2.44. The number of rotatable bonds is 27. The maximum absolute atomic E-state index is 12.8. The summed E-state index contributed by atoms with van der Waals surface area (Å²) in [5.41, 5.74) is 0. The van der Waals surface area contributed by atoms with E-state index in [4.69, 9.17) is 9.47 Å². The molecule has 9 heteroatoms. The van der Waals surface area contributed by atoms with Crippen LogP contribution >= 0.6 is 0 Å². The van der Waals surface area contributed by atoms with Gasteiger partial charge in [-0.15, -0.1) is 0 Å². The van der Waals surface area contributed by atoms with Crippen molar-refractivity contribution in [2.75, 3.05) is 13.2 Å². The second kappa shape index (κ2) is 26.8. The van der Waals surface area contributed by atoms with Crippen LogP contribution in [0, 0.1) is 0 Å². The summed E-state index contributed by atoms with van der Waals surface area (Å²) in [5.74, 6) is -0.193. The van der Waals surface area contributed by atoms with Gasteiger partial charge in [0.15, 0.2) is 6.29 Å². The Bertz CT molecular complexity index is 746. The van der Waals surface area contributed by atoms with E-state index in [1.807, 2.05) is 6.08 Å². The third-order valence-electron chi connectivity index (χ3n) is 8.28. The van der Waals surface area contributed by atoms with Crippen molar-refractivity contribution in [1.29, 1.82) is 0 Å². The summed E-state index contributed by atoms with van der Waals surface area (Å²) in [6.07, 6.45) is 20.8. The van der Waals surface area contributed by atoms with Crippen molar-refractivity contribution in [3.05, 3.63) is 24.3 Å². The highest BCUT2D eigenvalue weighted by Crippen LogP contribution is 2.22. The number of carbonyl (C=O) groups is 1. The van der Waals surface area contributed by atoms with Gasteiger partial charge in [-0.25, -0.2) is 0 Å². The summed E-state index contributed by atoms with van der Waals surface area (Å²) >= 11 is 0. The molecule has 0 aromatic carbocycles. The SMILES string of the molecule is CCCCCCC/C=C/CC/C=C/[C@@H](O)[C@H](CO[C@@H]1O[C@H](CO)[C@@H](O)C(O)C1O)NC(=O)CCCCCCCCCCCC. The van der Waals surface area contributed by atoms with E-state index in [0.29, 0.717) is 6.42 Å². The number of aliphatic hydroxyl groups excluding tert-OH is 5. The van der Waals surface area contributed by atoms with Crippen LogP contribution in [0.1, 0.15) is 136 Å². The van der Waals surface area contributed by atoms with Gasteiger partial charge in [-0.05, 0) is 32.1 Å². The largest absolute Gasteiger partial charge is 0.394 e. The Morgan fingerprint density at radius 2 is 1.30 bits per heavy atom. The van der Waals surface area contributed by atoms with E-state index < -0.39 is 49.5 Å². The molecule has 1 heterocycles. The fraction of sp³-hybridized carbons (Fsp3) is 0.857. The second-order valence-electron chi connectivity index (χ2n) is 12.3. The van der Waals surface area contributed by atoms with Crippen molar-refractivity contribution in [3.63, 3.8) is 0 Å². The Kier molecular flexibility index (Phi) is 24.8. The molecule has 0 aliphatic carbocycles. The first-order chi connectivity index (χ1) is 21.3. The lowest BCUT2D eigenvalue weighted by Crippen LogP contribution is -2.60. The molecule has 1 aliphatic rings. The standard InChI is InChI=1S/C35H65NO8/c1-3-5-7-9-11-13-15-16-18-20-22-24-29(38)28(27-43-35-34(42)33(41)32(40)30(26-37)44-35)36-31(39)25-23-21-19-17-14-12-10-8-6-4-2/h15-16,22,24,28-30,32-35,37-38,40-42H,3-14,17-21,23,25-27H2,1-2H3,(H,36,39)/b16-15+,24-22+/t28-,29+,30+,32+,33?,34?,35+/m0/s1. The number of unbranched alkanes of at least 4 members (excludes halogenated alkanes) is 15. The number of hydrogen-bond donors (Lipinski definition) is 6. The van der Waals surface area contributed by atoms with E-state index in [0.717, 1.165) is 38.5 Å². The Hall–Kier alpha value is -1.33. The van der Waals surface area contributed by atoms with Crippen LogP contribution in [0.15, 0.2) is 24.3 Å². The predicted octanol–water partition coefficient (Wildman–Crippen LogP) is 5.21.